The number of benzene rings is 8. The van der Waals surface area contributed by atoms with E-state index in [0.29, 0.717) is 0 Å². The molecule has 0 saturated heterocycles. The normalized spacial score (nSPS) is 31.4. The molecule has 8 aromatic carbocycles. The molecule has 1 aliphatic heterocycles. The summed E-state index contributed by atoms with van der Waals surface area (Å²) in [5, 5.41) is -4.06. The molecule has 8 aromatic rings. The van der Waals surface area contributed by atoms with Gasteiger partial charge in [0.05, 0.1) is 37.0 Å². The third-order valence-corrected chi connectivity index (χ3v) is 8.68. The molecule has 1 aliphatic carbocycles. The van der Waals surface area contributed by atoms with Crippen LogP contribution in [0.3, 0.4) is 0 Å². The van der Waals surface area contributed by atoms with E-state index in [2.05, 4.69) is 0 Å². The minimum absolute atomic E-state index is 0.357. The van der Waals surface area contributed by atoms with E-state index in [4.69, 9.17) is 32.2 Å². The molecule has 1 saturated carbocycles. The molecule has 0 N–H and O–H groups in total. The maximum atomic E-state index is 9.86. The van der Waals surface area contributed by atoms with Gasteiger partial charge in [-0.05, 0) is 102 Å². The topological polar surface area (TPSA) is 9.23 Å². The third-order valence-electron chi connectivity index (χ3n) is 8.68. The van der Waals surface area contributed by atoms with Crippen LogP contribution >= 0.6 is 0 Å². The first-order valence-electron chi connectivity index (χ1n) is 30.2. The monoisotopic (exact) mass is 658 g/mol. The fourth-order valence-electron chi connectivity index (χ4n) is 6.67. The lowest BCUT2D eigenvalue weighted by molar-refractivity contribution is 0.139. The van der Waals surface area contributed by atoms with E-state index in [1.807, 2.05) is 0 Å². The molecule has 0 spiro atoms. The summed E-state index contributed by atoms with van der Waals surface area (Å²) in [6, 6.07) is -25.2. The van der Waals surface area contributed by atoms with Crippen molar-refractivity contribution in [3.05, 3.63) is 174 Å². The summed E-state index contributed by atoms with van der Waals surface area (Å²) in [5.74, 6) is -4.16. The number of hydrogen-bond acceptors (Lipinski definition) is 1. The van der Waals surface area contributed by atoms with Crippen LogP contribution in [0.5, 0.6) is 5.75 Å². The highest BCUT2D eigenvalue weighted by Gasteiger charge is 2.44. The number of rotatable bonds is 4. The summed E-state index contributed by atoms with van der Waals surface area (Å²) in [4.78, 5) is 0. The van der Waals surface area contributed by atoms with Gasteiger partial charge in [0, 0.05) is 21.5 Å². The Balaban J connectivity index is 1.39. The lowest BCUT2D eigenvalue weighted by Gasteiger charge is -2.35. The Morgan fingerprint density at radius 3 is 1.84 bits per heavy atom. The predicted octanol–water partition coefficient (Wildman–Crippen LogP) is 13.0. The van der Waals surface area contributed by atoms with Gasteiger partial charge in [-0.1, -0.05) is 151 Å². The highest BCUT2D eigenvalue weighted by atomic mass is 16.5. The van der Waals surface area contributed by atoms with Crippen molar-refractivity contribution in [3.63, 3.8) is 0 Å². The minimum Gasteiger partial charge on any atom is -0.489 e. The number of fused-ring (bicyclic) bond motifs is 6. The third kappa shape index (κ3) is 4.60. The van der Waals surface area contributed by atoms with Gasteiger partial charge in [0.2, 0.25) is 0 Å². The van der Waals surface area contributed by atoms with Crippen LogP contribution in [-0.2, 0) is 0 Å². The van der Waals surface area contributed by atoms with Crippen molar-refractivity contribution in [2.24, 2.45) is 0 Å². The molecule has 1 nitrogen and oxygen atoms in total. The van der Waals surface area contributed by atoms with Crippen LogP contribution in [0.25, 0.3) is 65.7 Å². The molecular formula is C48H36O. The van der Waals surface area contributed by atoms with Crippen molar-refractivity contribution in [1.29, 1.82) is 0 Å². The van der Waals surface area contributed by atoms with Crippen molar-refractivity contribution >= 4 is 32.3 Å². The van der Waals surface area contributed by atoms with Crippen LogP contribution in [0.1, 0.15) is 83.3 Å². The SMILES string of the molecule is [2H]c1c([2H])c([2H])c(-c2c([2H])c([2H])c([2H])c3c2C2C([2H])C([2H])C([2H])C(c4c5c([2H])c([2H])c([2H])c([2H])c5c(-c5c([2H])c([2H])c([2H])c(-c6c([2H])c([2H])c7c([2H])c([2H])c([2H])c([2H])c7c6[2H])c5[2H])c5c([2H])c([2H])c([2H])c([2H])c45)C2O3)c([2H])c1[2H]. The van der Waals surface area contributed by atoms with Crippen LogP contribution < -0.4 is 4.74 Å². The molecule has 0 aromatic heterocycles. The van der Waals surface area contributed by atoms with Crippen LogP contribution in [0, 0.1) is 0 Å². The molecule has 2 aliphatic rings. The highest BCUT2D eigenvalue weighted by Crippen LogP contribution is 2.55. The summed E-state index contributed by atoms with van der Waals surface area (Å²) in [6.07, 6.45) is -7.56. The molecule has 6 atom stereocenters. The second-order valence-corrected chi connectivity index (χ2v) is 11.2. The molecule has 0 amide bonds. The summed E-state index contributed by atoms with van der Waals surface area (Å²) in [6.45, 7) is 0. The van der Waals surface area contributed by atoms with Gasteiger partial charge in [-0.3, -0.25) is 0 Å². The Morgan fingerprint density at radius 2 is 1.06 bits per heavy atom. The molecule has 234 valence electrons. The Bertz CT molecular complexity index is 4060. The Kier molecular flexibility index (Phi) is 2.69. The van der Waals surface area contributed by atoms with Crippen LogP contribution in [0.4, 0.5) is 0 Å². The maximum absolute atomic E-state index is 9.86. The Hall–Kier alpha value is -5.66. The van der Waals surface area contributed by atoms with Crippen LogP contribution in [0.15, 0.2) is 163 Å². The molecule has 1 fully saturated rings. The lowest BCUT2D eigenvalue weighted by atomic mass is 9.70. The standard InChI is InChI=1S/C48H36O/c1-2-14-32(15-3-1)37-23-12-26-44-47(37)43-25-11-24-42(48(43)49-44)46-40-21-8-6-19-38(40)45(39-20-7-9-22-41(39)46)36-18-10-17-34(30-36)35-28-27-31-13-4-5-16-33(31)29-35/h1-10,12-23,26-30,42-43,48H,11,24-25H2/i1D,2D,3D,4D,5D,6D,7D,8D,9D,10D,11D,12D,13D,14D,15D,16D,17D,18D,19D,20D,21D,22D,23D,24D,25D,26D,27D,28D,29D,30D. The smallest absolute Gasteiger partial charge is 0.124 e. The highest BCUT2D eigenvalue weighted by molar-refractivity contribution is 6.15. The van der Waals surface area contributed by atoms with E-state index < -0.39 is 277 Å². The lowest BCUT2D eigenvalue weighted by Crippen LogP contribution is -2.31. The van der Waals surface area contributed by atoms with Crippen molar-refractivity contribution in [2.45, 2.75) is 37.1 Å². The van der Waals surface area contributed by atoms with Crippen LogP contribution in [0.2, 0.25) is 0 Å². The first-order valence-corrected chi connectivity index (χ1v) is 15.0. The zero-order chi connectivity index (χ0) is 58.4. The second kappa shape index (κ2) is 11.5. The Labute approximate surface area is 329 Å². The first-order chi connectivity index (χ1) is 36.8. The molecule has 49 heavy (non-hydrogen) atoms. The fraction of sp³-hybridized carbons (Fsp3) is 0.125. The van der Waals surface area contributed by atoms with Gasteiger partial charge >= 0.3 is 0 Å². The largest absolute Gasteiger partial charge is 0.489 e. The van der Waals surface area contributed by atoms with Crippen molar-refractivity contribution in [2.75, 3.05) is 0 Å². The van der Waals surface area contributed by atoms with Gasteiger partial charge in [0.1, 0.15) is 11.9 Å². The van der Waals surface area contributed by atoms with E-state index in [1.165, 1.54) is 0 Å². The fourth-order valence-corrected chi connectivity index (χ4v) is 6.67. The second-order valence-electron chi connectivity index (χ2n) is 11.2. The quantitative estimate of drug-likeness (QED) is 0.171. The Morgan fingerprint density at radius 1 is 0.469 bits per heavy atom. The maximum Gasteiger partial charge on any atom is 0.124 e. The molecule has 6 unspecified atom stereocenters. The summed E-state index contributed by atoms with van der Waals surface area (Å²) in [5.41, 5.74) is -5.46. The van der Waals surface area contributed by atoms with Gasteiger partial charge < -0.3 is 4.74 Å². The number of hydrogen-bond donors (Lipinski definition) is 0. The van der Waals surface area contributed by atoms with E-state index in [0.717, 1.165) is 0 Å². The molecular weight excluding hydrogens is 593 g/mol. The van der Waals surface area contributed by atoms with E-state index in [-0.39, 0.29) is 5.56 Å². The minimum atomic E-state index is -1.98. The number of ether oxygens (including phenoxy) is 1. The molecule has 1 heteroatoms. The van der Waals surface area contributed by atoms with Gasteiger partial charge in [-0.2, -0.15) is 0 Å². The van der Waals surface area contributed by atoms with Crippen molar-refractivity contribution in [1.82, 2.24) is 0 Å². The van der Waals surface area contributed by atoms with E-state index in [1.54, 1.807) is 0 Å². The molecule has 0 radical (unpaired) electrons. The van der Waals surface area contributed by atoms with Gasteiger partial charge in [0.25, 0.3) is 0 Å². The first kappa shape index (κ1) is 11.5. The summed E-state index contributed by atoms with van der Waals surface area (Å²) < 4.78 is 278. The van der Waals surface area contributed by atoms with Gasteiger partial charge in [0.15, 0.2) is 0 Å². The summed E-state index contributed by atoms with van der Waals surface area (Å²) in [7, 11) is 0. The van der Waals surface area contributed by atoms with Crippen molar-refractivity contribution in [3.8, 4) is 39.1 Å². The average molecular weight is 659 g/mol. The molecule has 10 rings (SSSR count). The van der Waals surface area contributed by atoms with Crippen molar-refractivity contribution < 1.29 is 45.9 Å². The van der Waals surface area contributed by atoms with E-state index in [9.17, 15) is 13.7 Å². The average Bonchev–Trinajstić information content (AvgIpc) is 4.01. The van der Waals surface area contributed by atoms with E-state index >= 15 is 0 Å². The van der Waals surface area contributed by atoms with Gasteiger partial charge in [-0.25, -0.2) is 0 Å². The molecule has 1 heterocycles. The molecule has 0 bridgehead atoms. The zero-order valence-electron chi connectivity index (χ0n) is 54.9. The predicted molar refractivity (Wildman–Crippen MR) is 205 cm³/mol. The van der Waals surface area contributed by atoms with Gasteiger partial charge in [-0.15, -0.1) is 0 Å². The summed E-state index contributed by atoms with van der Waals surface area (Å²) >= 11 is 0. The zero-order valence-corrected chi connectivity index (χ0v) is 24.9. The van der Waals surface area contributed by atoms with Crippen LogP contribution in [-0.4, -0.2) is 6.10 Å².